The Kier molecular flexibility index (Phi) is 6.49. The Morgan fingerprint density at radius 3 is 2.40 bits per heavy atom. The van der Waals surface area contributed by atoms with Gasteiger partial charge >= 0.3 is 11.9 Å². The molecule has 0 N–H and O–H groups in total. The van der Waals surface area contributed by atoms with Crippen molar-refractivity contribution >= 4 is 15.9 Å². The lowest BCUT2D eigenvalue weighted by Gasteiger charge is -2.19. The Labute approximate surface area is 205 Å². The van der Waals surface area contributed by atoms with Crippen molar-refractivity contribution in [3.05, 3.63) is 98.5 Å². The van der Waals surface area contributed by atoms with Gasteiger partial charge in [0.25, 0.3) is 5.56 Å². The van der Waals surface area contributed by atoms with E-state index in [9.17, 15) is 22.8 Å². The number of benzene rings is 2. The molecule has 2 aromatic heterocycles. The molecule has 35 heavy (non-hydrogen) atoms. The van der Waals surface area contributed by atoms with Crippen molar-refractivity contribution in [2.75, 3.05) is 5.33 Å². The molecule has 2 heterocycles. The molecule has 2 aromatic carbocycles. The lowest BCUT2D eigenvalue weighted by molar-refractivity contribution is -0.137. The normalized spacial score (nSPS) is 11.4. The highest BCUT2D eigenvalue weighted by molar-refractivity contribution is 9.09. The zero-order chi connectivity index (χ0) is 25.3. The molecule has 0 radical (unpaired) electrons. The Bertz CT molecular complexity index is 1560. The minimum Gasteiger partial charge on any atom is -0.268 e. The van der Waals surface area contributed by atoms with Crippen molar-refractivity contribution in [3.8, 4) is 28.7 Å². The van der Waals surface area contributed by atoms with Crippen LogP contribution < -0.4 is 11.2 Å². The molecule has 0 fully saturated rings. The second-order valence-corrected chi connectivity index (χ2v) is 8.37. The van der Waals surface area contributed by atoms with Crippen LogP contribution in [-0.4, -0.2) is 24.2 Å². The zero-order valence-corrected chi connectivity index (χ0v) is 19.8. The van der Waals surface area contributed by atoms with E-state index >= 15 is 0 Å². The van der Waals surface area contributed by atoms with Gasteiger partial charge in [-0.05, 0) is 55.0 Å². The van der Waals surface area contributed by atoms with Gasteiger partial charge in [-0.15, -0.1) is 0 Å². The topological polar surface area (TPSA) is 85.6 Å². The van der Waals surface area contributed by atoms with Crippen LogP contribution in [0, 0.1) is 11.3 Å². The molecule has 4 aromatic rings. The first-order chi connectivity index (χ1) is 16.7. The van der Waals surface area contributed by atoms with E-state index in [2.05, 4.69) is 21.0 Å². The predicted octanol–water partition coefficient (Wildman–Crippen LogP) is 4.22. The number of alkyl halides is 4. The number of halogens is 4. The van der Waals surface area contributed by atoms with Gasteiger partial charge in [-0.25, -0.2) is 9.48 Å². The highest BCUT2D eigenvalue weighted by Crippen LogP contribution is 2.31. The van der Waals surface area contributed by atoms with Gasteiger partial charge in [0.2, 0.25) is 0 Å². The predicted molar refractivity (Wildman–Crippen MR) is 127 cm³/mol. The lowest BCUT2D eigenvalue weighted by atomic mass is 10.1. The quantitative estimate of drug-likeness (QED) is 0.353. The molecular weight excluding hydrogens is 527 g/mol. The number of nitriles is 1. The average molecular weight is 544 g/mol. The van der Waals surface area contributed by atoms with Gasteiger partial charge in [-0.2, -0.15) is 23.5 Å². The van der Waals surface area contributed by atoms with Crippen LogP contribution in [-0.2, 0) is 19.6 Å². The molecule has 178 valence electrons. The number of rotatable bonds is 5. The summed E-state index contributed by atoms with van der Waals surface area (Å²) in [4.78, 5) is 26.5. The van der Waals surface area contributed by atoms with E-state index in [-0.39, 0.29) is 23.4 Å². The van der Waals surface area contributed by atoms with E-state index in [0.717, 1.165) is 21.3 Å². The number of hydrogen-bond acceptors (Lipinski definition) is 4. The molecule has 0 atom stereocenters. The van der Waals surface area contributed by atoms with Crippen LogP contribution in [0.2, 0.25) is 0 Å². The van der Waals surface area contributed by atoms with Gasteiger partial charge in [0.05, 0.1) is 46.0 Å². The molecule has 0 unspecified atom stereocenters. The fourth-order valence-electron chi connectivity index (χ4n) is 3.80. The summed E-state index contributed by atoms with van der Waals surface area (Å²) < 4.78 is 43.7. The maximum atomic E-state index is 13.4. The molecule has 0 bridgehead atoms. The molecule has 0 saturated heterocycles. The molecule has 0 aliphatic heterocycles. The first-order valence-corrected chi connectivity index (χ1v) is 11.4. The molecule has 7 nitrogen and oxygen atoms in total. The summed E-state index contributed by atoms with van der Waals surface area (Å²) in [5.74, 6) is 0. The van der Waals surface area contributed by atoms with E-state index in [1.165, 1.54) is 30.1 Å². The number of nitrogens with zero attached hydrogens (tertiary/aromatic N) is 5. The Morgan fingerprint density at radius 2 is 1.77 bits per heavy atom. The molecule has 0 aliphatic rings. The number of hydrogen-bond donors (Lipinski definition) is 0. The summed E-state index contributed by atoms with van der Waals surface area (Å²) in [5.41, 5.74) is -0.568. The third kappa shape index (κ3) is 4.44. The van der Waals surface area contributed by atoms with Crippen molar-refractivity contribution < 1.29 is 13.2 Å². The summed E-state index contributed by atoms with van der Waals surface area (Å²) >= 11 is 3.33. The van der Waals surface area contributed by atoms with Crippen LogP contribution in [0.15, 0.2) is 70.4 Å². The summed E-state index contributed by atoms with van der Waals surface area (Å²) in [6.45, 7) is 0. The highest BCUT2D eigenvalue weighted by Gasteiger charge is 2.31. The van der Waals surface area contributed by atoms with Gasteiger partial charge in [0.15, 0.2) is 0 Å². The maximum absolute atomic E-state index is 13.4. The molecular formula is C24H17BrF3N5O2. The Morgan fingerprint density at radius 1 is 1.06 bits per heavy atom. The second-order valence-electron chi connectivity index (χ2n) is 7.58. The minimum absolute atomic E-state index is 0.0120. The van der Waals surface area contributed by atoms with Gasteiger partial charge < -0.3 is 0 Å². The van der Waals surface area contributed by atoms with Crippen LogP contribution in [0.1, 0.15) is 16.8 Å². The van der Waals surface area contributed by atoms with Gasteiger partial charge in [-0.3, -0.25) is 13.9 Å². The summed E-state index contributed by atoms with van der Waals surface area (Å²) in [6, 6.07) is 14.5. The van der Waals surface area contributed by atoms with Crippen molar-refractivity contribution in [2.24, 2.45) is 7.05 Å². The zero-order valence-electron chi connectivity index (χ0n) is 18.3. The van der Waals surface area contributed by atoms with Crippen molar-refractivity contribution in [2.45, 2.75) is 12.6 Å². The van der Waals surface area contributed by atoms with Crippen molar-refractivity contribution in [1.29, 1.82) is 5.26 Å². The molecule has 4 rings (SSSR count). The third-order valence-electron chi connectivity index (χ3n) is 5.46. The van der Waals surface area contributed by atoms with E-state index in [1.807, 2.05) is 6.07 Å². The van der Waals surface area contributed by atoms with Gasteiger partial charge in [0.1, 0.15) is 0 Å². The standard InChI is InChI=1S/C24H17BrF3N5O2/c1-31-22(34)21(20-10-12-30-33(20)17-7-5-15(14-29)6-8-17)19(9-11-25)32(23(31)35)18-4-2-3-16(13-18)24(26,27)28/h2-8,10,12-13H,9,11H2,1H3. The molecule has 0 saturated carbocycles. The monoisotopic (exact) mass is 543 g/mol. The fourth-order valence-corrected chi connectivity index (χ4v) is 4.18. The van der Waals surface area contributed by atoms with Crippen LogP contribution in [0.25, 0.3) is 22.6 Å². The SMILES string of the molecule is Cn1c(=O)c(-c2ccnn2-c2ccc(C#N)cc2)c(CCBr)n(-c2cccc(C(F)(F)F)c2)c1=O. The van der Waals surface area contributed by atoms with Crippen molar-refractivity contribution in [1.82, 2.24) is 18.9 Å². The molecule has 11 heteroatoms. The number of aromatic nitrogens is 4. The maximum Gasteiger partial charge on any atom is 0.416 e. The van der Waals surface area contributed by atoms with Gasteiger partial charge in [0, 0.05) is 18.1 Å². The van der Waals surface area contributed by atoms with E-state index in [4.69, 9.17) is 5.26 Å². The minimum atomic E-state index is -4.60. The van der Waals surface area contributed by atoms with E-state index in [1.54, 1.807) is 30.3 Å². The highest BCUT2D eigenvalue weighted by atomic mass is 79.9. The van der Waals surface area contributed by atoms with Crippen LogP contribution >= 0.6 is 15.9 Å². The first kappa shape index (κ1) is 24.2. The van der Waals surface area contributed by atoms with Crippen molar-refractivity contribution in [3.63, 3.8) is 0 Å². The molecule has 0 spiro atoms. The van der Waals surface area contributed by atoms with Gasteiger partial charge in [-0.1, -0.05) is 22.0 Å². The van der Waals surface area contributed by atoms with Crippen LogP contribution in [0.5, 0.6) is 0 Å². The lowest BCUT2D eigenvalue weighted by Crippen LogP contribution is -2.40. The molecule has 0 aliphatic carbocycles. The second kappa shape index (κ2) is 9.38. The Balaban J connectivity index is 2.04. The summed E-state index contributed by atoms with van der Waals surface area (Å²) in [5, 5.41) is 13.7. The fraction of sp³-hybridized carbons (Fsp3) is 0.167. The molecule has 0 amide bonds. The first-order valence-electron chi connectivity index (χ1n) is 10.3. The largest absolute Gasteiger partial charge is 0.416 e. The average Bonchev–Trinajstić information content (AvgIpc) is 3.32. The Hall–Kier alpha value is -3.91. The van der Waals surface area contributed by atoms with E-state index < -0.39 is 23.0 Å². The smallest absolute Gasteiger partial charge is 0.268 e. The van der Waals surface area contributed by atoms with E-state index in [0.29, 0.717) is 22.3 Å². The van der Waals surface area contributed by atoms with Crippen LogP contribution in [0.3, 0.4) is 0 Å². The summed E-state index contributed by atoms with van der Waals surface area (Å²) in [7, 11) is 1.28. The summed E-state index contributed by atoms with van der Waals surface area (Å²) in [6.07, 6.45) is -2.95. The van der Waals surface area contributed by atoms with Crippen LogP contribution in [0.4, 0.5) is 13.2 Å². The third-order valence-corrected chi connectivity index (χ3v) is 5.85.